The first-order valence-corrected chi connectivity index (χ1v) is 5.58. The summed E-state index contributed by atoms with van der Waals surface area (Å²) >= 11 is 0. The molecule has 1 aliphatic carbocycles. The average molecular weight is 211 g/mol. The smallest absolute Gasteiger partial charge is 0.334 e. The molecule has 0 saturated heterocycles. The maximum absolute atomic E-state index is 11.5. The van der Waals surface area contributed by atoms with Crippen molar-refractivity contribution in [1.29, 1.82) is 0 Å². The molecule has 0 aromatic heterocycles. The SMILES string of the molecule is COC(=O)[C@@H]1N=CO[C@@H]1C1CCCCC1. The van der Waals surface area contributed by atoms with E-state index in [0.717, 1.165) is 12.8 Å². The number of methoxy groups -OCH3 is 1. The fourth-order valence-electron chi connectivity index (χ4n) is 2.48. The van der Waals surface area contributed by atoms with Gasteiger partial charge in [0.2, 0.25) is 0 Å². The Morgan fingerprint density at radius 1 is 1.40 bits per heavy atom. The summed E-state index contributed by atoms with van der Waals surface area (Å²) < 4.78 is 10.2. The van der Waals surface area contributed by atoms with Crippen molar-refractivity contribution < 1.29 is 14.3 Å². The first-order chi connectivity index (χ1) is 7.33. The molecule has 1 heterocycles. The van der Waals surface area contributed by atoms with Crippen LogP contribution in [0.15, 0.2) is 4.99 Å². The lowest BCUT2D eigenvalue weighted by Gasteiger charge is -2.28. The monoisotopic (exact) mass is 211 g/mol. The zero-order chi connectivity index (χ0) is 10.7. The molecule has 0 aromatic carbocycles. The molecule has 2 atom stereocenters. The topological polar surface area (TPSA) is 47.9 Å². The predicted molar refractivity (Wildman–Crippen MR) is 55.7 cm³/mol. The highest BCUT2D eigenvalue weighted by atomic mass is 16.5. The van der Waals surface area contributed by atoms with Crippen molar-refractivity contribution in [1.82, 2.24) is 0 Å². The van der Waals surface area contributed by atoms with Crippen molar-refractivity contribution in [2.24, 2.45) is 10.9 Å². The van der Waals surface area contributed by atoms with Gasteiger partial charge in [-0.3, -0.25) is 0 Å². The van der Waals surface area contributed by atoms with Crippen LogP contribution in [0.5, 0.6) is 0 Å². The van der Waals surface area contributed by atoms with Gasteiger partial charge in [0.1, 0.15) is 6.10 Å². The molecule has 1 fully saturated rings. The van der Waals surface area contributed by atoms with Gasteiger partial charge < -0.3 is 9.47 Å². The van der Waals surface area contributed by atoms with Crippen molar-refractivity contribution in [3.63, 3.8) is 0 Å². The summed E-state index contributed by atoms with van der Waals surface area (Å²) in [7, 11) is 1.40. The van der Waals surface area contributed by atoms with Gasteiger partial charge in [-0.2, -0.15) is 0 Å². The molecule has 1 aliphatic heterocycles. The van der Waals surface area contributed by atoms with E-state index in [9.17, 15) is 4.79 Å². The van der Waals surface area contributed by atoms with Gasteiger partial charge in [0.15, 0.2) is 12.4 Å². The third-order valence-electron chi connectivity index (χ3n) is 3.31. The van der Waals surface area contributed by atoms with Gasteiger partial charge in [-0.05, 0) is 18.8 Å². The number of nitrogens with zero attached hydrogens (tertiary/aromatic N) is 1. The zero-order valence-corrected chi connectivity index (χ0v) is 9.02. The minimum absolute atomic E-state index is 0.0854. The molecule has 4 heteroatoms. The van der Waals surface area contributed by atoms with Gasteiger partial charge in [0.05, 0.1) is 7.11 Å². The number of aliphatic imine (C=N–C) groups is 1. The van der Waals surface area contributed by atoms with Gasteiger partial charge in [0.25, 0.3) is 0 Å². The Kier molecular flexibility index (Phi) is 3.23. The van der Waals surface area contributed by atoms with Crippen molar-refractivity contribution in [3.8, 4) is 0 Å². The molecule has 15 heavy (non-hydrogen) atoms. The van der Waals surface area contributed by atoms with Gasteiger partial charge in [-0.1, -0.05) is 19.3 Å². The van der Waals surface area contributed by atoms with Crippen LogP contribution in [-0.2, 0) is 14.3 Å². The second kappa shape index (κ2) is 4.64. The molecule has 0 bridgehead atoms. The minimum Gasteiger partial charge on any atom is -0.477 e. The van der Waals surface area contributed by atoms with Crippen LogP contribution >= 0.6 is 0 Å². The Balaban J connectivity index is 1.98. The second-order valence-electron chi connectivity index (χ2n) is 4.22. The highest BCUT2D eigenvalue weighted by molar-refractivity contribution is 5.79. The molecule has 4 nitrogen and oxygen atoms in total. The summed E-state index contributed by atoms with van der Waals surface area (Å²) in [6, 6.07) is -0.432. The molecular weight excluding hydrogens is 194 g/mol. The number of rotatable bonds is 2. The Morgan fingerprint density at radius 2 is 2.13 bits per heavy atom. The molecule has 0 radical (unpaired) electrons. The number of hydrogen-bond donors (Lipinski definition) is 0. The lowest BCUT2D eigenvalue weighted by Crippen LogP contribution is -2.37. The van der Waals surface area contributed by atoms with E-state index < -0.39 is 6.04 Å². The zero-order valence-electron chi connectivity index (χ0n) is 9.02. The second-order valence-corrected chi connectivity index (χ2v) is 4.22. The third-order valence-corrected chi connectivity index (χ3v) is 3.31. The Labute approximate surface area is 89.7 Å². The molecule has 0 N–H and O–H groups in total. The van der Waals surface area contributed by atoms with Crippen LogP contribution in [0.4, 0.5) is 0 Å². The summed E-state index contributed by atoms with van der Waals surface area (Å²) in [6.45, 7) is 0. The summed E-state index contributed by atoms with van der Waals surface area (Å²) in [5, 5.41) is 0. The molecule has 2 rings (SSSR count). The van der Waals surface area contributed by atoms with Crippen LogP contribution in [0, 0.1) is 5.92 Å². The molecule has 84 valence electrons. The van der Waals surface area contributed by atoms with Crippen molar-refractivity contribution in [2.75, 3.05) is 7.11 Å². The third kappa shape index (κ3) is 2.13. The maximum Gasteiger partial charge on any atom is 0.334 e. The normalized spacial score (nSPS) is 31.3. The number of ether oxygens (including phenoxy) is 2. The van der Waals surface area contributed by atoms with Gasteiger partial charge in [-0.15, -0.1) is 0 Å². The number of carbonyl (C=O) groups excluding carboxylic acids is 1. The van der Waals surface area contributed by atoms with Crippen LogP contribution in [0.2, 0.25) is 0 Å². The van der Waals surface area contributed by atoms with E-state index in [1.165, 1.54) is 32.8 Å². The standard InChI is InChI=1S/C11H17NO3/c1-14-11(13)9-10(15-7-12-9)8-5-3-2-4-6-8/h7-10H,2-6H2,1H3/t9-,10-/m1/s1. The van der Waals surface area contributed by atoms with Crippen molar-refractivity contribution in [3.05, 3.63) is 0 Å². The summed E-state index contributed by atoms with van der Waals surface area (Å²) in [5.74, 6) is 0.185. The van der Waals surface area contributed by atoms with Crippen LogP contribution in [0.3, 0.4) is 0 Å². The highest BCUT2D eigenvalue weighted by Crippen LogP contribution is 2.31. The lowest BCUT2D eigenvalue weighted by atomic mass is 9.83. The van der Waals surface area contributed by atoms with Crippen molar-refractivity contribution in [2.45, 2.75) is 44.2 Å². The molecule has 2 aliphatic rings. The molecule has 0 spiro atoms. The number of hydrogen-bond acceptors (Lipinski definition) is 4. The van der Waals surface area contributed by atoms with Crippen LogP contribution in [0.1, 0.15) is 32.1 Å². The van der Waals surface area contributed by atoms with Crippen LogP contribution in [0.25, 0.3) is 0 Å². The Morgan fingerprint density at radius 3 is 2.80 bits per heavy atom. The first-order valence-electron chi connectivity index (χ1n) is 5.58. The summed E-state index contributed by atoms with van der Waals surface area (Å²) in [6.07, 6.45) is 7.37. The molecule has 0 unspecified atom stereocenters. The summed E-state index contributed by atoms with van der Waals surface area (Å²) in [5.41, 5.74) is 0. The molecular formula is C11H17NO3. The molecule has 0 aromatic rings. The van der Waals surface area contributed by atoms with Crippen LogP contribution in [-0.4, -0.2) is 31.6 Å². The first kappa shape index (κ1) is 10.5. The van der Waals surface area contributed by atoms with E-state index in [0.29, 0.717) is 5.92 Å². The highest BCUT2D eigenvalue weighted by Gasteiger charge is 2.39. The van der Waals surface area contributed by atoms with Crippen molar-refractivity contribution >= 4 is 12.4 Å². The average Bonchev–Trinajstić information content (AvgIpc) is 2.78. The summed E-state index contributed by atoms with van der Waals surface area (Å²) in [4.78, 5) is 15.5. The predicted octanol–water partition coefficient (Wildman–Crippen LogP) is 1.54. The van der Waals surface area contributed by atoms with E-state index in [-0.39, 0.29) is 12.1 Å². The number of carbonyl (C=O) groups is 1. The van der Waals surface area contributed by atoms with E-state index >= 15 is 0 Å². The Hall–Kier alpha value is -1.06. The number of esters is 1. The van der Waals surface area contributed by atoms with E-state index in [2.05, 4.69) is 4.99 Å². The van der Waals surface area contributed by atoms with Gasteiger partial charge in [0, 0.05) is 0 Å². The fourth-order valence-corrected chi connectivity index (χ4v) is 2.48. The van der Waals surface area contributed by atoms with E-state index in [1.54, 1.807) is 0 Å². The van der Waals surface area contributed by atoms with Gasteiger partial charge in [-0.25, -0.2) is 9.79 Å². The maximum atomic E-state index is 11.5. The molecule has 1 saturated carbocycles. The van der Waals surface area contributed by atoms with E-state index in [4.69, 9.17) is 9.47 Å². The Bertz CT molecular complexity index is 259. The minimum atomic E-state index is -0.432. The van der Waals surface area contributed by atoms with E-state index in [1.807, 2.05) is 0 Å². The lowest BCUT2D eigenvalue weighted by molar-refractivity contribution is -0.144. The van der Waals surface area contributed by atoms with Crippen LogP contribution < -0.4 is 0 Å². The quantitative estimate of drug-likeness (QED) is 0.651. The molecule has 0 amide bonds. The fraction of sp³-hybridized carbons (Fsp3) is 0.818. The largest absolute Gasteiger partial charge is 0.477 e. The van der Waals surface area contributed by atoms with Gasteiger partial charge >= 0.3 is 5.97 Å².